The number of carbonyl (C=O) groups excluding carboxylic acids is 2. The highest BCUT2D eigenvalue weighted by molar-refractivity contribution is 6.43. The molecule has 1 heterocycles. The summed E-state index contributed by atoms with van der Waals surface area (Å²) in [6, 6.07) is 9.52. The second kappa shape index (κ2) is 5.28. The van der Waals surface area contributed by atoms with Gasteiger partial charge in [0.15, 0.2) is 0 Å². The number of aromatic nitrogens is 2. The van der Waals surface area contributed by atoms with Crippen molar-refractivity contribution in [1.29, 1.82) is 0 Å². The van der Waals surface area contributed by atoms with Gasteiger partial charge >= 0.3 is 0 Å². The van der Waals surface area contributed by atoms with Gasteiger partial charge in [-0.25, -0.2) is 4.68 Å². The SMILES string of the molecule is Cc1nn(-c2ccccc2)c(C)c1C(=O)C(=O)N(C)C. The van der Waals surface area contributed by atoms with Crippen molar-refractivity contribution >= 4 is 11.7 Å². The number of hydrogen-bond donors (Lipinski definition) is 0. The highest BCUT2D eigenvalue weighted by Gasteiger charge is 2.25. The molecule has 0 aliphatic rings. The van der Waals surface area contributed by atoms with E-state index in [1.807, 2.05) is 30.3 Å². The number of amides is 1. The van der Waals surface area contributed by atoms with Crippen LogP contribution in [0.1, 0.15) is 21.7 Å². The number of ketones is 1. The van der Waals surface area contributed by atoms with Crippen LogP contribution >= 0.6 is 0 Å². The number of carbonyl (C=O) groups is 2. The molecule has 1 amide bonds. The molecule has 0 aliphatic carbocycles. The Hall–Kier alpha value is -2.43. The zero-order valence-electron chi connectivity index (χ0n) is 12.0. The number of likely N-dealkylation sites (N-methyl/N-ethyl adjacent to an activating group) is 1. The number of aryl methyl sites for hydroxylation is 1. The van der Waals surface area contributed by atoms with E-state index in [-0.39, 0.29) is 0 Å². The quantitative estimate of drug-likeness (QED) is 0.631. The van der Waals surface area contributed by atoms with Gasteiger partial charge in [0.05, 0.1) is 22.6 Å². The summed E-state index contributed by atoms with van der Waals surface area (Å²) in [5.74, 6) is -1.06. The van der Waals surface area contributed by atoms with Crippen LogP contribution in [0.5, 0.6) is 0 Å². The molecule has 20 heavy (non-hydrogen) atoms. The maximum Gasteiger partial charge on any atom is 0.294 e. The van der Waals surface area contributed by atoms with E-state index >= 15 is 0 Å². The van der Waals surface area contributed by atoms with Gasteiger partial charge in [-0.2, -0.15) is 5.10 Å². The number of hydrogen-bond acceptors (Lipinski definition) is 3. The monoisotopic (exact) mass is 271 g/mol. The summed E-state index contributed by atoms with van der Waals surface area (Å²) in [6.45, 7) is 3.53. The van der Waals surface area contributed by atoms with Crippen molar-refractivity contribution in [3.8, 4) is 5.69 Å². The van der Waals surface area contributed by atoms with Gasteiger partial charge in [0.2, 0.25) is 0 Å². The van der Waals surface area contributed by atoms with Crippen LogP contribution in [-0.4, -0.2) is 40.5 Å². The first-order chi connectivity index (χ1) is 9.43. The van der Waals surface area contributed by atoms with Gasteiger partial charge in [0.1, 0.15) is 0 Å². The zero-order chi connectivity index (χ0) is 14.9. The molecular formula is C15H17N3O2. The van der Waals surface area contributed by atoms with Crippen molar-refractivity contribution in [2.75, 3.05) is 14.1 Å². The highest BCUT2D eigenvalue weighted by atomic mass is 16.2. The smallest absolute Gasteiger partial charge is 0.294 e. The van der Waals surface area contributed by atoms with E-state index in [1.54, 1.807) is 32.6 Å². The van der Waals surface area contributed by atoms with Crippen LogP contribution in [0.25, 0.3) is 5.69 Å². The van der Waals surface area contributed by atoms with E-state index in [1.165, 1.54) is 4.90 Å². The minimum absolute atomic E-state index is 0.382. The Kier molecular flexibility index (Phi) is 3.70. The summed E-state index contributed by atoms with van der Waals surface area (Å²) in [7, 11) is 3.12. The predicted octanol–water partition coefficient (Wildman–Crippen LogP) is 1.76. The van der Waals surface area contributed by atoms with Crippen LogP contribution in [0.15, 0.2) is 30.3 Å². The van der Waals surface area contributed by atoms with E-state index < -0.39 is 11.7 Å². The third kappa shape index (κ3) is 2.34. The van der Waals surface area contributed by atoms with Crippen molar-refractivity contribution in [3.05, 3.63) is 47.3 Å². The summed E-state index contributed by atoms with van der Waals surface area (Å²) in [5, 5.41) is 4.37. The molecule has 1 aromatic heterocycles. The Morgan fingerprint density at radius 1 is 1.10 bits per heavy atom. The van der Waals surface area contributed by atoms with E-state index in [0.29, 0.717) is 17.0 Å². The van der Waals surface area contributed by atoms with Crippen LogP contribution in [-0.2, 0) is 4.79 Å². The molecule has 2 aromatic rings. The molecule has 104 valence electrons. The number of para-hydroxylation sites is 1. The molecule has 5 nitrogen and oxygen atoms in total. The Morgan fingerprint density at radius 3 is 2.25 bits per heavy atom. The Bertz CT molecular complexity index is 657. The molecule has 0 bridgehead atoms. The lowest BCUT2D eigenvalue weighted by molar-refractivity contribution is -0.124. The van der Waals surface area contributed by atoms with Crippen molar-refractivity contribution in [2.45, 2.75) is 13.8 Å². The summed E-state index contributed by atoms with van der Waals surface area (Å²) in [5.41, 5.74) is 2.48. The topological polar surface area (TPSA) is 55.2 Å². The molecule has 0 saturated heterocycles. The van der Waals surface area contributed by atoms with Crippen molar-refractivity contribution in [2.24, 2.45) is 0 Å². The third-order valence-corrected chi connectivity index (χ3v) is 3.12. The first-order valence-corrected chi connectivity index (χ1v) is 6.31. The van der Waals surface area contributed by atoms with Crippen LogP contribution in [0, 0.1) is 13.8 Å². The molecule has 0 unspecified atom stereocenters. The third-order valence-electron chi connectivity index (χ3n) is 3.12. The normalized spacial score (nSPS) is 10.4. The van der Waals surface area contributed by atoms with Crippen LogP contribution in [0.2, 0.25) is 0 Å². The lowest BCUT2D eigenvalue weighted by Crippen LogP contribution is -2.30. The van der Waals surface area contributed by atoms with E-state index in [4.69, 9.17) is 0 Å². The largest absolute Gasteiger partial charge is 0.342 e. The van der Waals surface area contributed by atoms with E-state index in [2.05, 4.69) is 5.10 Å². The summed E-state index contributed by atoms with van der Waals surface area (Å²) < 4.78 is 1.69. The van der Waals surface area contributed by atoms with Crippen LogP contribution in [0.4, 0.5) is 0 Å². The molecule has 2 rings (SSSR count). The van der Waals surface area contributed by atoms with Gasteiger partial charge in [-0.3, -0.25) is 9.59 Å². The van der Waals surface area contributed by atoms with Crippen molar-refractivity contribution < 1.29 is 9.59 Å². The summed E-state index contributed by atoms with van der Waals surface area (Å²) >= 11 is 0. The van der Waals surface area contributed by atoms with Gasteiger partial charge in [-0.15, -0.1) is 0 Å². The predicted molar refractivity (Wildman–Crippen MR) is 76.1 cm³/mol. The van der Waals surface area contributed by atoms with Gasteiger partial charge in [-0.1, -0.05) is 18.2 Å². The molecule has 0 spiro atoms. The molecule has 0 fully saturated rings. The number of rotatable bonds is 3. The van der Waals surface area contributed by atoms with Crippen LogP contribution in [0.3, 0.4) is 0 Å². The van der Waals surface area contributed by atoms with Crippen molar-refractivity contribution in [3.63, 3.8) is 0 Å². The van der Waals surface area contributed by atoms with Gasteiger partial charge in [0.25, 0.3) is 11.7 Å². The lowest BCUT2D eigenvalue weighted by Gasteiger charge is -2.09. The maximum absolute atomic E-state index is 12.2. The summed E-state index contributed by atoms with van der Waals surface area (Å²) in [6.07, 6.45) is 0. The molecule has 0 atom stereocenters. The van der Waals surface area contributed by atoms with E-state index in [0.717, 1.165) is 5.69 Å². The second-order valence-corrected chi connectivity index (χ2v) is 4.82. The molecule has 1 aromatic carbocycles. The molecule has 0 saturated carbocycles. The average Bonchev–Trinajstić information content (AvgIpc) is 2.73. The molecular weight excluding hydrogens is 254 g/mol. The first-order valence-electron chi connectivity index (χ1n) is 6.31. The molecule has 0 N–H and O–H groups in total. The molecule has 0 aliphatic heterocycles. The summed E-state index contributed by atoms with van der Waals surface area (Å²) in [4.78, 5) is 25.3. The highest BCUT2D eigenvalue weighted by Crippen LogP contribution is 2.18. The average molecular weight is 271 g/mol. The molecule has 5 heteroatoms. The fourth-order valence-corrected chi connectivity index (χ4v) is 2.10. The Balaban J connectivity index is 2.50. The number of nitrogens with zero attached hydrogens (tertiary/aromatic N) is 3. The van der Waals surface area contributed by atoms with Crippen molar-refractivity contribution in [1.82, 2.24) is 14.7 Å². The Morgan fingerprint density at radius 2 is 1.70 bits per heavy atom. The molecule has 0 radical (unpaired) electrons. The number of Topliss-reactive ketones (excluding diaryl/α,β-unsaturated/α-hetero) is 1. The van der Waals surface area contributed by atoms with Gasteiger partial charge < -0.3 is 4.90 Å². The second-order valence-electron chi connectivity index (χ2n) is 4.82. The maximum atomic E-state index is 12.2. The van der Waals surface area contributed by atoms with Crippen LogP contribution < -0.4 is 0 Å². The number of benzene rings is 1. The van der Waals surface area contributed by atoms with Gasteiger partial charge in [0, 0.05) is 14.1 Å². The Labute approximate surface area is 117 Å². The lowest BCUT2D eigenvalue weighted by atomic mass is 10.1. The minimum Gasteiger partial charge on any atom is -0.342 e. The minimum atomic E-state index is -0.538. The van der Waals surface area contributed by atoms with E-state index in [9.17, 15) is 9.59 Å². The zero-order valence-corrected chi connectivity index (χ0v) is 12.0. The fraction of sp³-hybridized carbons (Fsp3) is 0.267. The first kappa shape index (κ1) is 14.0. The van der Waals surface area contributed by atoms with Gasteiger partial charge in [-0.05, 0) is 26.0 Å². The fourth-order valence-electron chi connectivity index (χ4n) is 2.10. The standard InChI is InChI=1S/C15H17N3O2/c1-10-13(14(19)15(20)17(3)4)11(2)18(16-10)12-8-6-5-7-9-12/h5-9H,1-4H3.